The van der Waals surface area contributed by atoms with Crippen molar-refractivity contribution in [2.75, 3.05) is 5.88 Å². The van der Waals surface area contributed by atoms with E-state index in [0.29, 0.717) is 5.88 Å². The lowest BCUT2D eigenvalue weighted by Crippen LogP contribution is -2.23. The third-order valence-electron chi connectivity index (χ3n) is 4.94. The van der Waals surface area contributed by atoms with Gasteiger partial charge in [-0.15, -0.1) is 11.6 Å². The molecular weight excluding hydrogens is 282 g/mol. The van der Waals surface area contributed by atoms with Crippen molar-refractivity contribution in [3.05, 3.63) is 23.7 Å². The number of imidazole rings is 1. The molecule has 2 aromatic rings. The Hall–Kier alpha value is -1.09. The Bertz CT molecular complexity index is 620. The van der Waals surface area contributed by atoms with Crippen LogP contribution < -0.4 is 0 Å². The van der Waals surface area contributed by atoms with Crippen molar-refractivity contribution in [1.82, 2.24) is 14.5 Å². The lowest BCUT2D eigenvalue weighted by Gasteiger charge is -2.29. The topological polar surface area (TPSA) is 30.7 Å². The number of halogens is 1. The molecule has 1 saturated carbocycles. The molecule has 4 heteroatoms. The summed E-state index contributed by atoms with van der Waals surface area (Å²) in [6, 6.07) is 2.04. The third-order valence-corrected chi connectivity index (χ3v) is 5.13. The first-order chi connectivity index (χ1) is 10.2. The Morgan fingerprint density at radius 2 is 2.14 bits per heavy atom. The fourth-order valence-electron chi connectivity index (χ4n) is 3.55. The molecule has 2 aromatic heterocycles. The number of aromatic nitrogens is 3. The number of hydrogen-bond donors (Lipinski definition) is 0. The Balaban J connectivity index is 1.98. The summed E-state index contributed by atoms with van der Waals surface area (Å²) in [4.78, 5) is 9.40. The van der Waals surface area contributed by atoms with Gasteiger partial charge in [-0.05, 0) is 36.8 Å². The molecule has 2 unspecified atom stereocenters. The third kappa shape index (κ3) is 2.94. The molecule has 2 atom stereocenters. The zero-order chi connectivity index (χ0) is 14.8. The predicted molar refractivity (Wildman–Crippen MR) is 87.8 cm³/mol. The molecular formula is C17H24ClN3. The minimum Gasteiger partial charge on any atom is -0.312 e. The second-order valence-electron chi connectivity index (χ2n) is 6.40. The lowest BCUT2D eigenvalue weighted by molar-refractivity contribution is 0.228. The van der Waals surface area contributed by atoms with Crippen LogP contribution in [-0.4, -0.2) is 20.4 Å². The van der Waals surface area contributed by atoms with Gasteiger partial charge in [0.05, 0.1) is 0 Å². The van der Waals surface area contributed by atoms with Crippen LogP contribution in [0, 0.1) is 18.8 Å². The second kappa shape index (κ2) is 6.35. The van der Waals surface area contributed by atoms with Crippen LogP contribution in [0.15, 0.2) is 12.3 Å². The first-order valence-electron chi connectivity index (χ1n) is 8.07. The molecule has 1 fully saturated rings. The molecule has 0 amide bonds. The maximum atomic E-state index is 5.97. The lowest BCUT2D eigenvalue weighted by atomic mass is 9.80. The van der Waals surface area contributed by atoms with Crippen molar-refractivity contribution in [2.24, 2.45) is 11.8 Å². The van der Waals surface area contributed by atoms with E-state index in [1.54, 1.807) is 0 Å². The first-order valence-corrected chi connectivity index (χ1v) is 8.61. The highest BCUT2D eigenvalue weighted by Crippen LogP contribution is 2.32. The highest BCUT2D eigenvalue weighted by molar-refractivity contribution is 6.17. The average Bonchev–Trinajstić information content (AvgIpc) is 2.82. The molecule has 0 bridgehead atoms. The largest absolute Gasteiger partial charge is 0.312 e. The van der Waals surface area contributed by atoms with Crippen LogP contribution >= 0.6 is 11.6 Å². The molecule has 0 aliphatic heterocycles. The van der Waals surface area contributed by atoms with Gasteiger partial charge in [0.1, 0.15) is 11.3 Å². The first kappa shape index (κ1) is 14.8. The molecule has 2 heterocycles. The van der Waals surface area contributed by atoms with Gasteiger partial charge in [0.25, 0.3) is 0 Å². The van der Waals surface area contributed by atoms with Crippen molar-refractivity contribution in [2.45, 2.75) is 52.5 Å². The van der Waals surface area contributed by atoms with Crippen molar-refractivity contribution >= 4 is 22.8 Å². The SMILES string of the molecule is Cc1ccnc2c1nc(CCCl)n2CC1CCCCC1C. The molecule has 3 rings (SSSR count). The monoisotopic (exact) mass is 305 g/mol. The zero-order valence-electron chi connectivity index (χ0n) is 13.0. The quantitative estimate of drug-likeness (QED) is 0.786. The van der Waals surface area contributed by atoms with E-state index >= 15 is 0 Å². The summed E-state index contributed by atoms with van der Waals surface area (Å²) < 4.78 is 2.33. The summed E-state index contributed by atoms with van der Waals surface area (Å²) in [5.41, 5.74) is 3.28. The Kier molecular flexibility index (Phi) is 4.48. The fraction of sp³-hybridized carbons (Fsp3) is 0.647. The number of nitrogens with zero attached hydrogens (tertiary/aromatic N) is 3. The van der Waals surface area contributed by atoms with Crippen LogP contribution in [0.5, 0.6) is 0 Å². The maximum absolute atomic E-state index is 5.97. The maximum Gasteiger partial charge on any atom is 0.160 e. The van der Waals surface area contributed by atoms with E-state index < -0.39 is 0 Å². The molecule has 114 valence electrons. The van der Waals surface area contributed by atoms with E-state index in [2.05, 4.69) is 23.4 Å². The Morgan fingerprint density at radius 3 is 2.90 bits per heavy atom. The standard InChI is InChI=1S/C17H24ClN3/c1-12-5-3-4-6-14(12)11-21-15(7-9-18)20-16-13(2)8-10-19-17(16)21/h8,10,12,14H,3-7,9,11H2,1-2H3. The molecule has 0 radical (unpaired) electrons. The molecule has 0 spiro atoms. The van der Waals surface area contributed by atoms with Gasteiger partial charge >= 0.3 is 0 Å². The molecule has 3 nitrogen and oxygen atoms in total. The number of aryl methyl sites for hydroxylation is 2. The van der Waals surface area contributed by atoms with Gasteiger partial charge in [0, 0.05) is 25.0 Å². The van der Waals surface area contributed by atoms with E-state index in [4.69, 9.17) is 16.6 Å². The van der Waals surface area contributed by atoms with E-state index in [1.165, 1.54) is 31.2 Å². The molecule has 1 aliphatic rings. The van der Waals surface area contributed by atoms with Gasteiger partial charge in [-0.2, -0.15) is 0 Å². The number of rotatable bonds is 4. The fourth-order valence-corrected chi connectivity index (χ4v) is 3.72. The summed E-state index contributed by atoms with van der Waals surface area (Å²) in [6.45, 7) is 5.54. The smallest absolute Gasteiger partial charge is 0.160 e. The van der Waals surface area contributed by atoms with Gasteiger partial charge in [0.2, 0.25) is 0 Å². The number of fused-ring (bicyclic) bond motifs is 1. The minimum absolute atomic E-state index is 0.614. The van der Waals surface area contributed by atoms with Crippen molar-refractivity contribution < 1.29 is 0 Å². The summed E-state index contributed by atoms with van der Waals surface area (Å²) in [5.74, 6) is 3.25. The Labute approximate surface area is 131 Å². The van der Waals surface area contributed by atoms with E-state index in [1.807, 2.05) is 12.3 Å². The van der Waals surface area contributed by atoms with Gasteiger partial charge in [-0.1, -0.05) is 26.2 Å². The number of pyridine rings is 1. The average molecular weight is 306 g/mol. The van der Waals surface area contributed by atoms with Gasteiger partial charge in [-0.3, -0.25) is 0 Å². The Morgan fingerprint density at radius 1 is 1.33 bits per heavy atom. The highest BCUT2D eigenvalue weighted by atomic mass is 35.5. The van der Waals surface area contributed by atoms with Crippen LogP contribution in [-0.2, 0) is 13.0 Å². The summed E-state index contributed by atoms with van der Waals surface area (Å²) >= 11 is 5.97. The molecule has 1 aliphatic carbocycles. The van der Waals surface area contributed by atoms with Gasteiger partial charge in [0.15, 0.2) is 5.65 Å². The summed E-state index contributed by atoms with van der Waals surface area (Å²) in [5, 5.41) is 0. The van der Waals surface area contributed by atoms with Crippen molar-refractivity contribution in [3.63, 3.8) is 0 Å². The predicted octanol–water partition coefficient (Wildman–Crippen LogP) is 4.35. The van der Waals surface area contributed by atoms with Gasteiger partial charge < -0.3 is 4.57 Å². The molecule has 21 heavy (non-hydrogen) atoms. The van der Waals surface area contributed by atoms with Crippen molar-refractivity contribution in [3.8, 4) is 0 Å². The molecule has 0 N–H and O–H groups in total. The minimum atomic E-state index is 0.614. The summed E-state index contributed by atoms with van der Waals surface area (Å²) in [6.07, 6.45) is 8.14. The zero-order valence-corrected chi connectivity index (χ0v) is 13.7. The number of alkyl halides is 1. The molecule has 0 saturated heterocycles. The molecule has 0 aromatic carbocycles. The second-order valence-corrected chi connectivity index (χ2v) is 6.78. The van der Waals surface area contributed by atoms with Crippen molar-refractivity contribution in [1.29, 1.82) is 0 Å². The van der Waals surface area contributed by atoms with Crippen LogP contribution in [0.2, 0.25) is 0 Å². The number of hydrogen-bond acceptors (Lipinski definition) is 2. The van der Waals surface area contributed by atoms with Gasteiger partial charge in [-0.25, -0.2) is 9.97 Å². The highest BCUT2D eigenvalue weighted by Gasteiger charge is 2.24. The van der Waals surface area contributed by atoms with Crippen LogP contribution in [0.1, 0.15) is 44.0 Å². The van der Waals surface area contributed by atoms with Crippen LogP contribution in [0.3, 0.4) is 0 Å². The van der Waals surface area contributed by atoms with Crippen LogP contribution in [0.25, 0.3) is 11.2 Å². The normalized spacial score (nSPS) is 22.8. The van der Waals surface area contributed by atoms with Crippen LogP contribution in [0.4, 0.5) is 0 Å². The summed E-state index contributed by atoms with van der Waals surface area (Å²) in [7, 11) is 0. The van der Waals surface area contributed by atoms with E-state index in [0.717, 1.165) is 41.8 Å². The van der Waals surface area contributed by atoms with E-state index in [-0.39, 0.29) is 0 Å². The van der Waals surface area contributed by atoms with E-state index in [9.17, 15) is 0 Å².